The van der Waals surface area contributed by atoms with E-state index in [4.69, 9.17) is 16.3 Å². The van der Waals surface area contributed by atoms with Gasteiger partial charge in [0.2, 0.25) is 0 Å². The van der Waals surface area contributed by atoms with Gasteiger partial charge in [0.05, 0.1) is 10.7 Å². The molecule has 2 aromatic rings. The first kappa shape index (κ1) is 13.8. The van der Waals surface area contributed by atoms with Gasteiger partial charge in [-0.3, -0.25) is 4.98 Å². The summed E-state index contributed by atoms with van der Waals surface area (Å²) in [4.78, 5) is 4.23. The van der Waals surface area contributed by atoms with Gasteiger partial charge in [0.15, 0.2) is 0 Å². The van der Waals surface area contributed by atoms with E-state index >= 15 is 0 Å². The largest absolute Gasteiger partial charge is 0.491 e. The number of aromatic nitrogens is 1. The lowest BCUT2D eigenvalue weighted by Crippen LogP contribution is -2.21. The average Bonchev–Trinajstić information content (AvgIpc) is 2.42. The van der Waals surface area contributed by atoms with Crippen molar-refractivity contribution in [1.82, 2.24) is 10.3 Å². The molecule has 0 saturated heterocycles. The lowest BCUT2D eigenvalue weighted by molar-refractivity contribution is 0.313. The second-order valence-electron chi connectivity index (χ2n) is 4.28. The normalized spacial score (nSPS) is 10.4. The van der Waals surface area contributed by atoms with E-state index in [2.05, 4.69) is 10.3 Å². The molecule has 1 aromatic carbocycles. The Bertz CT molecular complexity index is 517. The van der Waals surface area contributed by atoms with E-state index in [0.29, 0.717) is 11.6 Å². The third-order valence-corrected chi connectivity index (χ3v) is 2.95. The molecule has 4 heteroatoms. The van der Waals surface area contributed by atoms with Crippen LogP contribution < -0.4 is 10.1 Å². The third kappa shape index (κ3) is 4.54. The first-order valence-corrected chi connectivity index (χ1v) is 6.63. The van der Waals surface area contributed by atoms with Crippen LogP contribution in [-0.2, 0) is 6.54 Å². The van der Waals surface area contributed by atoms with E-state index < -0.39 is 0 Å². The maximum Gasteiger partial charge on any atom is 0.137 e. The van der Waals surface area contributed by atoms with Gasteiger partial charge in [0, 0.05) is 19.3 Å². The Hall–Kier alpha value is -1.58. The molecule has 0 bridgehead atoms. The average molecular weight is 277 g/mol. The molecule has 1 aromatic heterocycles. The Morgan fingerprint density at radius 1 is 1.26 bits per heavy atom. The van der Waals surface area contributed by atoms with Gasteiger partial charge < -0.3 is 10.1 Å². The smallest absolute Gasteiger partial charge is 0.137 e. The fourth-order valence-corrected chi connectivity index (χ4v) is 1.96. The summed E-state index contributed by atoms with van der Waals surface area (Å²) in [6.07, 6.45) is 1.79. The van der Waals surface area contributed by atoms with E-state index in [0.717, 1.165) is 30.1 Å². The summed E-state index contributed by atoms with van der Waals surface area (Å²) in [5, 5.41) is 3.93. The number of rotatable bonds is 6. The number of hydrogen-bond acceptors (Lipinski definition) is 3. The minimum atomic E-state index is 0.579. The molecule has 0 amide bonds. The molecule has 100 valence electrons. The lowest BCUT2D eigenvalue weighted by atomic mass is 10.2. The predicted molar refractivity (Wildman–Crippen MR) is 77.6 cm³/mol. The molecule has 2 rings (SSSR count). The number of nitrogens with one attached hydrogen (secondary N) is 1. The van der Waals surface area contributed by atoms with Crippen molar-refractivity contribution in [3.8, 4) is 5.75 Å². The predicted octanol–water partition coefficient (Wildman–Crippen LogP) is 3.21. The van der Waals surface area contributed by atoms with Crippen LogP contribution in [0.2, 0.25) is 5.02 Å². The van der Waals surface area contributed by atoms with Crippen LogP contribution in [0.5, 0.6) is 5.75 Å². The van der Waals surface area contributed by atoms with Crippen molar-refractivity contribution >= 4 is 11.6 Å². The zero-order chi connectivity index (χ0) is 13.5. The van der Waals surface area contributed by atoms with Crippen molar-refractivity contribution in [2.45, 2.75) is 13.5 Å². The Morgan fingerprint density at radius 2 is 2.16 bits per heavy atom. The highest BCUT2D eigenvalue weighted by Gasteiger charge is 2.01. The molecule has 1 heterocycles. The van der Waals surface area contributed by atoms with Gasteiger partial charge in [0.25, 0.3) is 0 Å². The van der Waals surface area contributed by atoms with Gasteiger partial charge in [0.1, 0.15) is 12.4 Å². The molecule has 0 radical (unpaired) electrons. The van der Waals surface area contributed by atoms with E-state index in [9.17, 15) is 0 Å². The lowest BCUT2D eigenvalue weighted by Gasteiger charge is -2.09. The van der Waals surface area contributed by atoms with Crippen molar-refractivity contribution in [2.24, 2.45) is 0 Å². The number of benzene rings is 1. The number of ether oxygens (including phenoxy) is 1. The van der Waals surface area contributed by atoms with Gasteiger partial charge in [-0.1, -0.05) is 23.7 Å². The monoisotopic (exact) mass is 276 g/mol. The van der Waals surface area contributed by atoms with E-state index in [-0.39, 0.29) is 0 Å². The zero-order valence-electron chi connectivity index (χ0n) is 10.9. The zero-order valence-corrected chi connectivity index (χ0v) is 11.7. The van der Waals surface area contributed by atoms with Gasteiger partial charge in [-0.25, -0.2) is 0 Å². The molecular weight excluding hydrogens is 260 g/mol. The number of hydrogen-bond donors (Lipinski definition) is 1. The summed E-state index contributed by atoms with van der Waals surface area (Å²) < 4.78 is 5.61. The van der Waals surface area contributed by atoms with Crippen LogP contribution in [0.3, 0.4) is 0 Å². The molecule has 0 aliphatic carbocycles. The van der Waals surface area contributed by atoms with Crippen molar-refractivity contribution in [3.63, 3.8) is 0 Å². The molecule has 1 N–H and O–H groups in total. The summed E-state index contributed by atoms with van der Waals surface area (Å²) in [5.74, 6) is 0.729. The van der Waals surface area contributed by atoms with Crippen molar-refractivity contribution in [2.75, 3.05) is 13.2 Å². The first-order valence-electron chi connectivity index (χ1n) is 6.25. The van der Waals surface area contributed by atoms with Crippen LogP contribution in [0.15, 0.2) is 42.6 Å². The highest BCUT2D eigenvalue weighted by Crippen LogP contribution is 2.24. The van der Waals surface area contributed by atoms with Crippen molar-refractivity contribution in [3.05, 3.63) is 58.9 Å². The summed E-state index contributed by atoms with van der Waals surface area (Å²) in [5.41, 5.74) is 2.15. The number of halogens is 1. The Morgan fingerprint density at radius 3 is 2.89 bits per heavy atom. The Balaban J connectivity index is 1.69. The molecule has 0 aliphatic heterocycles. The minimum Gasteiger partial charge on any atom is -0.491 e. The second kappa shape index (κ2) is 7.12. The molecule has 0 saturated carbocycles. The fraction of sp³-hybridized carbons (Fsp3) is 0.267. The molecule has 0 spiro atoms. The van der Waals surface area contributed by atoms with Crippen LogP contribution in [0.1, 0.15) is 11.3 Å². The Kier molecular flexibility index (Phi) is 5.19. The van der Waals surface area contributed by atoms with E-state index in [1.165, 1.54) is 0 Å². The van der Waals surface area contributed by atoms with E-state index in [1.54, 1.807) is 6.20 Å². The summed E-state index contributed by atoms with van der Waals surface area (Å²) in [6.45, 7) is 4.08. The summed E-state index contributed by atoms with van der Waals surface area (Å²) in [6, 6.07) is 11.7. The number of aryl methyl sites for hydroxylation is 1. The maximum atomic E-state index is 6.08. The second-order valence-corrected chi connectivity index (χ2v) is 4.69. The van der Waals surface area contributed by atoms with Crippen molar-refractivity contribution < 1.29 is 4.74 Å². The van der Waals surface area contributed by atoms with Gasteiger partial charge in [-0.15, -0.1) is 0 Å². The number of nitrogens with zero attached hydrogens (tertiary/aromatic N) is 1. The molecule has 0 fully saturated rings. The van der Waals surface area contributed by atoms with Crippen LogP contribution in [-0.4, -0.2) is 18.1 Å². The molecule has 0 aliphatic rings. The number of pyridine rings is 1. The third-order valence-electron chi connectivity index (χ3n) is 2.66. The van der Waals surface area contributed by atoms with Crippen LogP contribution in [0.4, 0.5) is 0 Å². The maximum absolute atomic E-state index is 6.08. The topological polar surface area (TPSA) is 34.1 Å². The fourth-order valence-electron chi connectivity index (χ4n) is 1.68. The highest BCUT2D eigenvalue weighted by atomic mass is 35.5. The SMILES string of the molecule is Cc1ccc(OCCNCc2ccccn2)c(Cl)c1. The first-order chi connectivity index (χ1) is 9.25. The molecule has 19 heavy (non-hydrogen) atoms. The van der Waals surface area contributed by atoms with Crippen LogP contribution in [0.25, 0.3) is 0 Å². The van der Waals surface area contributed by atoms with Crippen LogP contribution >= 0.6 is 11.6 Å². The van der Waals surface area contributed by atoms with Crippen molar-refractivity contribution in [1.29, 1.82) is 0 Å². The minimum absolute atomic E-state index is 0.579. The molecule has 0 unspecified atom stereocenters. The van der Waals surface area contributed by atoms with Gasteiger partial charge >= 0.3 is 0 Å². The summed E-state index contributed by atoms with van der Waals surface area (Å²) in [7, 11) is 0. The van der Waals surface area contributed by atoms with Crippen LogP contribution in [0, 0.1) is 6.92 Å². The van der Waals surface area contributed by atoms with E-state index in [1.807, 2.05) is 43.3 Å². The quantitative estimate of drug-likeness (QED) is 0.823. The highest BCUT2D eigenvalue weighted by molar-refractivity contribution is 6.32. The molecule has 3 nitrogen and oxygen atoms in total. The standard InChI is InChI=1S/C15H17ClN2O/c1-12-5-6-15(14(16)10-12)19-9-8-17-11-13-4-2-3-7-18-13/h2-7,10,17H,8-9,11H2,1H3. The van der Waals surface area contributed by atoms with Gasteiger partial charge in [-0.2, -0.15) is 0 Å². The van der Waals surface area contributed by atoms with Gasteiger partial charge in [-0.05, 0) is 36.8 Å². The summed E-state index contributed by atoms with van der Waals surface area (Å²) >= 11 is 6.08. The molecular formula is C15H17ClN2O. The molecule has 0 atom stereocenters. The Labute approximate surface area is 118 Å².